The molecule has 10 nitrogen and oxygen atoms in total. The number of hydrogen-bond acceptors (Lipinski definition) is 6. The predicted octanol–water partition coefficient (Wildman–Crippen LogP) is 0.544. The van der Waals surface area contributed by atoms with Crippen molar-refractivity contribution in [2.24, 2.45) is 0 Å². The van der Waals surface area contributed by atoms with Crippen LogP contribution in [-0.4, -0.2) is 59.4 Å². The van der Waals surface area contributed by atoms with E-state index in [0.717, 1.165) is 12.0 Å². The van der Waals surface area contributed by atoms with E-state index in [9.17, 15) is 14.4 Å². The lowest BCUT2D eigenvalue weighted by Gasteiger charge is -2.30. The Hall–Kier alpha value is -3.40. The highest BCUT2D eigenvalue weighted by atomic mass is 16.5. The van der Waals surface area contributed by atoms with Crippen molar-refractivity contribution < 1.29 is 23.9 Å². The van der Waals surface area contributed by atoms with Gasteiger partial charge in [-0.25, -0.2) is 4.79 Å². The number of fused-ring (bicyclic) bond motifs is 1. The first kappa shape index (κ1) is 18.6. The molecule has 2 aromatic rings. The molecule has 3 aliphatic heterocycles. The quantitative estimate of drug-likeness (QED) is 0.695. The van der Waals surface area contributed by atoms with E-state index in [1.807, 2.05) is 6.07 Å². The van der Waals surface area contributed by atoms with Crippen molar-refractivity contribution in [2.75, 3.05) is 26.9 Å². The van der Waals surface area contributed by atoms with Gasteiger partial charge in [-0.2, -0.15) is 5.10 Å². The molecule has 0 aliphatic carbocycles. The number of nitrogens with zero attached hydrogens (tertiary/aromatic N) is 3. The highest BCUT2D eigenvalue weighted by Gasteiger charge is 2.51. The molecule has 2 atom stereocenters. The Kier molecular flexibility index (Phi) is 4.24. The third-order valence-corrected chi connectivity index (χ3v) is 5.94. The summed E-state index contributed by atoms with van der Waals surface area (Å²) in [5.41, 5.74) is 0.503. The molecule has 0 unspecified atom stereocenters. The fourth-order valence-electron chi connectivity index (χ4n) is 4.27. The number of amides is 4. The van der Waals surface area contributed by atoms with Crippen molar-refractivity contribution >= 4 is 17.8 Å². The minimum Gasteiger partial charge on any atom is -0.497 e. The van der Waals surface area contributed by atoms with E-state index in [0.29, 0.717) is 36.6 Å². The second-order valence-corrected chi connectivity index (χ2v) is 7.72. The molecule has 10 heteroatoms. The van der Waals surface area contributed by atoms with E-state index in [1.165, 1.54) is 0 Å². The van der Waals surface area contributed by atoms with Crippen molar-refractivity contribution in [1.82, 2.24) is 25.3 Å². The molecule has 156 valence electrons. The molecular weight excluding hydrogens is 390 g/mol. The standard InChI is InChI=1S/C20H21N5O5/c1-29-15-3-2-12-8-24(17(26)16(12)6-15)11-20(18(27)22-19(28)23-20)13-7-21-25(9-13)14-4-5-30-10-14/h2-3,6-7,9,14H,4-5,8,10-11H2,1H3,(H2,22,23,27,28)/t14-,20-/m0/s1. The number of aromatic nitrogens is 2. The molecule has 2 fully saturated rings. The number of benzene rings is 1. The van der Waals surface area contributed by atoms with E-state index in [4.69, 9.17) is 9.47 Å². The first-order valence-corrected chi connectivity index (χ1v) is 9.72. The third kappa shape index (κ3) is 2.83. The molecular formula is C20H21N5O5. The Morgan fingerprint density at radius 3 is 2.90 bits per heavy atom. The predicted molar refractivity (Wildman–Crippen MR) is 103 cm³/mol. The normalized spacial score (nSPS) is 25.4. The average Bonchev–Trinajstić information content (AvgIpc) is 3.51. The second kappa shape index (κ2) is 6.84. The molecule has 0 spiro atoms. The van der Waals surface area contributed by atoms with E-state index in [-0.39, 0.29) is 18.5 Å². The van der Waals surface area contributed by atoms with Crippen LogP contribution < -0.4 is 15.4 Å². The van der Waals surface area contributed by atoms with Gasteiger partial charge in [0.25, 0.3) is 11.8 Å². The van der Waals surface area contributed by atoms with Gasteiger partial charge in [0.15, 0.2) is 5.54 Å². The Morgan fingerprint density at radius 2 is 2.20 bits per heavy atom. The molecule has 30 heavy (non-hydrogen) atoms. The Morgan fingerprint density at radius 1 is 1.33 bits per heavy atom. The van der Waals surface area contributed by atoms with Crippen LogP contribution in [0.25, 0.3) is 0 Å². The van der Waals surface area contributed by atoms with Crippen LogP contribution in [0.15, 0.2) is 30.6 Å². The first-order chi connectivity index (χ1) is 14.5. The van der Waals surface area contributed by atoms with Crippen LogP contribution >= 0.6 is 0 Å². The van der Waals surface area contributed by atoms with Crippen molar-refractivity contribution in [3.8, 4) is 5.75 Å². The van der Waals surface area contributed by atoms with Gasteiger partial charge in [0, 0.05) is 30.5 Å². The van der Waals surface area contributed by atoms with E-state index >= 15 is 0 Å². The van der Waals surface area contributed by atoms with Gasteiger partial charge < -0.3 is 19.7 Å². The number of hydrogen-bond donors (Lipinski definition) is 2. The van der Waals surface area contributed by atoms with Gasteiger partial charge in [-0.3, -0.25) is 19.6 Å². The molecule has 1 aromatic carbocycles. The van der Waals surface area contributed by atoms with Crippen molar-refractivity contribution in [1.29, 1.82) is 0 Å². The van der Waals surface area contributed by atoms with Crippen LogP contribution in [0.4, 0.5) is 4.79 Å². The fraction of sp³-hybridized carbons (Fsp3) is 0.400. The van der Waals surface area contributed by atoms with Gasteiger partial charge in [0.05, 0.1) is 32.5 Å². The average molecular weight is 411 g/mol. The van der Waals surface area contributed by atoms with E-state index < -0.39 is 17.5 Å². The minimum atomic E-state index is -1.41. The molecule has 4 amide bonds. The van der Waals surface area contributed by atoms with E-state index in [1.54, 1.807) is 41.2 Å². The fourth-order valence-corrected chi connectivity index (χ4v) is 4.27. The highest BCUT2D eigenvalue weighted by molar-refractivity contribution is 6.08. The maximum absolute atomic E-state index is 13.0. The summed E-state index contributed by atoms with van der Waals surface area (Å²) < 4.78 is 12.4. The summed E-state index contributed by atoms with van der Waals surface area (Å²) >= 11 is 0. The lowest BCUT2D eigenvalue weighted by molar-refractivity contribution is -0.124. The van der Waals surface area contributed by atoms with Crippen molar-refractivity contribution in [3.63, 3.8) is 0 Å². The van der Waals surface area contributed by atoms with Gasteiger partial charge in [-0.1, -0.05) is 6.07 Å². The zero-order valence-corrected chi connectivity index (χ0v) is 16.4. The maximum atomic E-state index is 13.0. The van der Waals surface area contributed by atoms with Crippen LogP contribution in [0.5, 0.6) is 5.75 Å². The summed E-state index contributed by atoms with van der Waals surface area (Å²) in [6.45, 7) is 1.54. The zero-order valence-electron chi connectivity index (χ0n) is 16.4. The van der Waals surface area contributed by atoms with Crippen LogP contribution in [0.1, 0.15) is 33.9 Å². The molecule has 5 rings (SSSR count). The number of rotatable bonds is 5. The first-order valence-electron chi connectivity index (χ1n) is 9.72. The van der Waals surface area contributed by atoms with Gasteiger partial charge in [0.1, 0.15) is 5.75 Å². The lowest BCUT2D eigenvalue weighted by atomic mass is 9.92. The minimum absolute atomic E-state index is 0.00668. The summed E-state index contributed by atoms with van der Waals surface area (Å²) in [5.74, 6) is -0.129. The largest absolute Gasteiger partial charge is 0.497 e. The number of methoxy groups -OCH3 is 1. The van der Waals surface area contributed by atoms with Crippen LogP contribution in [0, 0.1) is 0 Å². The number of imide groups is 1. The number of carbonyl (C=O) groups excluding carboxylic acids is 3. The summed E-state index contributed by atoms with van der Waals surface area (Å²) in [6, 6.07) is 4.81. The van der Waals surface area contributed by atoms with E-state index in [2.05, 4.69) is 15.7 Å². The number of carbonyl (C=O) groups is 3. The van der Waals surface area contributed by atoms with Gasteiger partial charge >= 0.3 is 6.03 Å². The van der Waals surface area contributed by atoms with Gasteiger partial charge in [-0.05, 0) is 24.1 Å². The number of urea groups is 1. The molecule has 4 heterocycles. The molecule has 0 saturated carbocycles. The van der Waals surface area contributed by atoms with Crippen molar-refractivity contribution in [2.45, 2.75) is 24.5 Å². The topological polar surface area (TPSA) is 115 Å². The summed E-state index contributed by atoms with van der Waals surface area (Å²) in [5, 5.41) is 9.42. The monoisotopic (exact) mass is 411 g/mol. The SMILES string of the molecule is COc1ccc2c(c1)C(=O)N(C[C@@]1(c3cnn([C@H]4CCOC4)c3)NC(=O)NC1=O)C2. The summed E-state index contributed by atoms with van der Waals surface area (Å²) in [6.07, 6.45) is 4.15. The molecule has 0 radical (unpaired) electrons. The van der Waals surface area contributed by atoms with Crippen LogP contribution in [0.3, 0.4) is 0 Å². The Balaban J connectivity index is 1.47. The Labute approximate surface area is 172 Å². The summed E-state index contributed by atoms with van der Waals surface area (Å²) in [4.78, 5) is 39.5. The maximum Gasteiger partial charge on any atom is 0.322 e. The third-order valence-electron chi connectivity index (χ3n) is 5.94. The van der Waals surface area contributed by atoms with Crippen molar-refractivity contribution in [3.05, 3.63) is 47.3 Å². The highest BCUT2D eigenvalue weighted by Crippen LogP contribution is 2.33. The van der Waals surface area contributed by atoms with Gasteiger partial charge in [-0.15, -0.1) is 0 Å². The van der Waals surface area contributed by atoms with Gasteiger partial charge in [0.2, 0.25) is 0 Å². The molecule has 1 aromatic heterocycles. The molecule has 3 aliphatic rings. The second-order valence-electron chi connectivity index (χ2n) is 7.72. The number of ether oxygens (including phenoxy) is 2. The molecule has 2 N–H and O–H groups in total. The smallest absolute Gasteiger partial charge is 0.322 e. The van der Waals surface area contributed by atoms with Crippen LogP contribution in [0.2, 0.25) is 0 Å². The summed E-state index contributed by atoms with van der Waals surface area (Å²) in [7, 11) is 1.54. The lowest BCUT2D eigenvalue weighted by Crippen LogP contribution is -2.52. The zero-order chi connectivity index (χ0) is 20.9. The molecule has 0 bridgehead atoms. The molecule has 2 saturated heterocycles. The number of nitrogens with one attached hydrogen (secondary N) is 2. The van der Waals surface area contributed by atoms with Crippen LogP contribution in [-0.2, 0) is 21.6 Å². The Bertz CT molecular complexity index is 1040.